The lowest BCUT2D eigenvalue weighted by Crippen LogP contribution is -2.47. The molecule has 1 N–H and O–H groups in total. The van der Waals surface area contributed by atoms with Crippen molar-refractivity contribution in [3.8, 4) is 0 Å². The number of carbonyl (C=O) groups excluding carboxylic acids is 2. The summed E-state index contributed by atoms with van der Waals surface area (Å²) in [4.78, 5) is 33.1. The highest BCUT2D eigenvalue weighted by molar-refractivity contribution is 9.10. The number of oxime groups is 1. The number of thiophene rings is 1. The minimum Gasteiger partial charge on any atom is -0.392 e. The predicted molar refractivity (Wildman–Crippen MR) is 113 cm³/mol. The van der Waals surface area contributed by atoms with Gasteiger partial charge in [-0.2, -0.15) is 0 Å². The number of hydrogen-bond acceptors (Lipinski definition) is 6. The Balaban J connectivity index is 1.25. The van der Waals surface area contributed by atoms with Crippen molar-refractivity contribution in [1.29, 1.82) is 0 Å². The molecule has 4 rings (SSSR count). The van der Waals surface area contributed by atoms with Crippen LogP contribution in [-0.4, -0.2) is 41.5 Å². The van der Waals surface area contributed by atoms with Crippen molar-refractivity contribution < 1.29 is 19.2 Å². The third kappa shape index (κ3) is 4.79. The van der Waals surface area contributed by atoms with Crippen molar-refractivity contribution in [1.82, 2.24) is 10.2 Å². The lowest BCUT2D eigenvalue weighted by Gasteiger charge is -2.37. The van der Waals surface area contributed by atoms with Crippen LogP contribution in [0.5, 0.6) is 0 Å². The van der Waals surface area contributed by atoms with Crippen LogP contribution in [0.1, 0.15) is 34.5 Å². The van der Waals surface area contributed by atoms with Gasteiger partial charge in [-0.25, -0.2) is 4.79 Å². The SMILES string of the molecule is O=C(NCc1cccs1)OC1=NOC2(CCN(C(=O)c3ccc(Br)cc3)CC2)C1. The standard InChI is InChI=1S/C20H20BrN3O4S/c21-15-5-3-14(4-6-15)18(25)24-9-7-20(8-10-24)12-17(23-28-20)27-19(26)22-13-16-2-1-11-29-16/h1-6,11H,7-10,12-13H2,(H,22,26). The Morgan fingerprint density at radius 3 is 2.69 bits per heavy atom. The smallest absolute Gasteiger partial charge is 0.392 e. The Labute approximate surface area is 180 Å². The van der Waals surface area contributed by atoms with Gasteiger partial charge in [-0.15, -0.1) is 11.3 Å². The average molecular weight is 478 g/mol. The van der Waals surface area contributed by atoms with Crippen molar-refractivity contribution in [2.75, 3.05) is 13.1 Å². The zero-order chi connectivity index (χ0) is 20.3. The zero-order valence-electron chi connectivity index (χ0n) is 15.6. The molecule has 0 bridgehead atoms. The van der Waals surface area contributed by atoms with Crippen molar-refractivity contribution >= 4 is 45.2 Å². The van der Waals surface area contributed by atoms with E-state index in [-0.39, 0.29) is 11.8 Å². The molecule has 1 aromatic carbocycles. The largest absolute Gasteiger partial charge is 0.414 e. The molecular weight excluding hydrogens is 458 g/mol. The summed E-state index contributed by atoms with van der Waals surface area (Å²) in [5.74, 6) is 0.289. The molecule has 1 spiro atoms. The van der Waals surface area contributed by atoms with Crippen LogP contribution < -0.4 is 5.32 Å². The molecule has 3 heterocycles. The van der Waals surface area contributed by atoms with E-state index in [0.29, 0.717) is 44.5 Å². The van der Waals surface area contributed by atoms with Crippen molar-refractivity contribution in [2.45, 2.75) is 31.4 Å². The van der Waals surface area contributed by atoms with E-state index in [1.807, 2.05) is 46.7 Å². The number of hydrogen-bond donors (Lipinski definition) is 1. The number of rotatable bonds is 3. The quantitative estimate of drug-likeness (QED) is 0.719. The van der Waals surface area contributed by atoms with Crippen LogP contribution in [0.4, 0.5) is 4.79 Å². The van der Waals surface area contributed by atoms with E-state index in [4.69, 9.17) is 9.57 Å². The highest BCUT2D eigenvalue weighted by Crippen LogP contribution is 2.35. The van der Waals surface area contributed by atoms with Crippen LogP contribution in [0, 0.1) is 0 Å². The number of nitrogens with zero attached hydrogens (tertiary/aromatic N) is 2. The molecule has 2 amide bonds. The van der Waals surface area contributed by atoms with Crippen LogP contribution in [0.15, 0.2) is 51.4 Å². The van der Waals surface area contributed by atoms with E-state index in [1.165, 1.54) is 0 Å². The number of carbonyl (C=O) groups is 2. The molecule has 0 radical (unpaired) electrons. The highest BCUT2D eigenvalue weighted by atomic mass is 79.9. The minimum absolute atomic E-state index is 0.00990. The fourth-order valence-corrected chi connectivity index (χ4v) is 4.33. The third-order valence-electron chi connectivity index (χ3n) is 5.07. The van der Waals surface area contributed by atoms with Crippen LogP contribution in [0.3, 0.4) is 0 Å². The lowest BCUT2D eigenvalue weighted by atomic mass is 9.88. The van der Waals surface area contributed by atoms with Gasteiger partial charge in [0.15, 0.2) is 0 Å². The van der Waals surface area contributed by atoms with E-state index >= 15 is 0 Å². The molecule has 2 aromatic rings. The second kappa shape index (κ2) is 8.54. The molecule has 0 unspecified atom stereocenters. The van der Waals surface area contributed by atoms with Gasteiger partial charge in [0.2, 0.25) is 5.90 Å². The molecule has 1 fully saturated rings. The van der Waals surface area contributed by atoms with Crippen LogP contribution in [0.25, 0.3) is 0 Å². The van der Waals surface area contributed by atoms with Gasteiger partial charge in [0.1, 0.15) is 5.60 Å². The van der Waals surface area contributed by atoms with E-state index in [0.717, 1.165) is 9.35 Å². The Morgan fingerprint density at radius 1 is 1.24 bits per heavy atom. The van der Waals surface area contributed by atoms with E-state index in [1.54, 1.807) is 11.3 Å². The highest BCUT2D eigenvalue weighted by Gasteiger charge is 2.44. The number of alkyl carbamates (subject to hydrolysis) is 1. The normalized spacial score (nSPS) is 17.6. The average Bonchev–Trinajstić information content (AvgIpc) is 3.38. The topological polar surface area (TPSA) is 80.2 Å². The molecule has 0 aliphatic carbocycles. The van der Waals surface area contributed by atoms with Gasteiger partial charge in [-0.1, -0.05) is 27.2 Å². The molecule has 152 valence electrons. The number of likely N-dealkylation sites (tertiary alicyclic amines) is 1. The fraction of sp³-hybridized carbons (Fsp3) is 0.350. The summed E-state index contributed by atoms with van der Waals surface area (Å²) in [5, 5.41) is 8.62. The van der Waals surface area contributed by atoms with Gasteiger partial charge in [0.05, 0.1) is 13.0 Å². The number of amides is 2. The monoisotopic (exact) mass is 477 g/mol. The summed E-state index contributed by atoms with van der Waals surface area (Å²) < 4.78 is 6.23. The molecule has 0 atom stereocenters. The second-order valence-electron chi connectivity index (χ2n) is 7.06. The third-order valence-corrected chi connectivity index (χ3v) is 6.47. The summed E-state index contributed by atoms with van der Waals surface area (Å²) in [5.41, 5.74) is 0.166. The number of benzene rings is 1. The molecule has 7 nitrogen and oxygen atoms in total. The first-order valence-electron chi connectivity index (χ1n) is 9.31. The Morgan fingerprint density at radius 2 is 2.00 bits per heavy atom. The molecule has 0 saturated carbocycles. The van der Waals surface area contributed by atoms with Gasteiger partial charge in [-0.3, -0.25) is 4.79 Å². The number of nitrogens with one attached hydrogen (secondary N) is 1. The van der Waals surface area contributed by atoms with Gasteiger partial charge in [0.25, 0.3) is 5.91 Å². The Kier molecular flexibility index (Phi) is 5.86. The second-order valence-corrected chi connectivity index (χ2v) is 9.01. The van der Waals surface area contributed by atoms with Crippen LogP contribution >= 0.6 is 27.3 Å². The lowest BCUT2D eigenvalue weighted by molar-refractivity contribution is -0.0568. The number of ether oxygens (including phenoxy) is 1. The van der Waals surface area contributed by atoms with Gasteiger partial charge >= 0.3 is 6.09 Å². The summed E-state index contributed by atoms with van der Waals surface area (Å²) >= 11 is 4.95. The number of halogens is 1. The van der Waals surface area contributed by atoms with Crippen LogP contribution in [0.2, 0.25) is 0 Å². The van der Waals surface area contributed by atoms with Crippen LogP contribution in [-0.2, 0) is 16.1 Å². The van der Waals surface area contributed by atoms with Crippen molar-refractivity contribution in [2.24, 2.45) is 5.16 Å². The maximum absolute atomic E-state index is 12.7. The molecule has 1 saturated heterocycles. The molecule has 1 aromatic heterocycles. The van der Waals surface area contributed by atoms with Gasteiger partial charge in [-0.05, 0) is 35.7 Å². The summed E-state index contributed by atoms with van der Waals surface area (Å²) in [6.07, 6.45) is 1.17. The van der Waals surface area contributed by atoms with E-state index in [2.05, 4.69) is 26.4 Å². The summed E-state index contributed by atoms with van der Waals surface area (Å²) in [7, 11) is 0. The summed E-state index contributed by atoms with van der Waals surface area (Å²) in [6.45, 7) is 1.56. The molecule has 29 heavy (non-hydrogen) atoms. The first-order chi connectivity index (χ1) is 14.0. The predicted octanol–water partition coefficient (Wildman–Crippen LogP) is 4.15. The van der Waals surface area contributed by atoms with Crippen molar-refractivity contribution in [3.63, 3.8) is 0 Å². The molecular formula is C20H20BrN3O4S. The first kappa shape index (κ1) is 19.9. The van der Waals surface area contributed by atoms with Gasteiger partial charge in [0, 0.05) is 40.8 Å². The fourth-order valence-electron chi connectivity index (χ4n) is 3.42. The maximum atomic E-state index is 12.7. The molecule has 2 aliphatic rings. The zero-order valence-corrected chi connectivity index (χ0v) is 18.0. The Bertz CT molecular complexity index is 906. The Hall–Kier alpha value is -2.39. The minimum atomic E-state index is -0.541. The maximum Gasteiger partial charge on any atom is 0.414 e. The summed E-state index contributed by atoms with van der Waals surface area (Å²) in [6, 6.07) is 11.2. The number of piperidine rings is 1. The first-order valence-corrected chi connectivity index (χ1v) is 11.0. The van der Waals surface area contributed by atoms with Crippen molar-refractivity contribution in [3.05, 3.63) is 56.7 Å². The van der Waals surface area contributed by atoms with Gasteiger partial charge < -0.3 is 19.8 Å². The van der Waals surface area contributed by atoms with E-state index in [9.17, 15) is 9.59 Å². The van der Waals surface area contributed by atoms with E-state index < -0.39 is 11.7 Å². The molecule has 9 heteroatoms. The molecule has 2 aliphatic heterocycles.